The monoisotopic (exact) mass is 362 g/mol. The molecule has 1 aromatic heterocycles. The maximum atomic E-state index is 12.7. The average molecular weight is 362 g/mol. The fourth-order valence-corrected chi connectivity index (χ4v) is 3.78. The highest BCUT2D eigenvalue weighted by Crippen LogP contribution is 2.27. The maximum Gasteiger partial charge on any atom is 0.257 e. The first-order valence-electron chi connectivity index (χ1n) is 9.48. The molecule has 3 aliphatic rings. The first-order valence-corrected chi connectivity index (χ1v) is 9.48. The van der Waals surface area contributed by atoms with Crippen molar-refractivity contribution in [3.05, 3.63) is 12.4 Å². The van der Waals surface area contributed by atoms with Crippen molar-refractivity contribution in [2.75, 3.05) is 57.5 Å². The molecule has 1 atom stereocenters. The molecule has 0 aliphatic carbocycles. The molecule has 3 saturated heterocycles. The Morgan fingerprint density at radius 3 is 2.54 bits per heavy atom. The predicted octanol–water partition coefficient (Wildman–Crippen LogP) is 0.720. The quantitative estimate of drug-likeness (QED) is 0.781. The number of amides is 1. The Morgan fingerprint density at radius 2 is 1.73 bits per heavy atom. The van der Waals surface area contributed by atoms with Gasteiger partial charge in [-0.1, -0.05) is 0 Å². The molecule has 26 heavy (non-hydrogen) atoms. The predicted molar refractivity (Wildman–Crippen MR) is 94.2 cm³/mol. The number of aromatic nitrogens is 2. The van der Waals surface area contributed by atoms with Gasteiger partial charge in [-0.05, 0) is 12.8 Å². The minimum atomic E-state index is -0.0321. The van der Waals surface area contributed by atoms with E-state index >= 15 is 0 Å². The summed E-state index contributed by atoms with van der Waals surface area (Å²) in [5, 5.41) is 0. The smallest absolute Gasteiger partial charge is 0.257 e. The van der Waals surface area contributed by atoms with Crippen molar-refractivity contribution in [2.45, 2.75) is 25.4 Å². The molecule has 8 nitrogen and oxygen atoms in total. The molecule has 0 saturated carbocycles. The van der Waals surface area contributed by atoms with Gasteiger partial charge < -0.3 is 24.0 Å². The number of carbonyl (C=O) groups is 1. The first kappa shape index (κ1) is 17.5. The second-order valence-corrected chi connectivity index (χ2v) is 6.98. The zero-order valence-electron chi connectivity index (χ0n) is 15.0. The van der Waals surface area contributed by atoms with E-state index in [2.05, 4.69) is 14.9 Å². The van der Waals surface area contributed by atoms with E-state index in [1.165, 1.54) is 0 Å². The molecule has 1 unspecified atom stereocenters. The lowest BCUT2D eigenvalue weighted by Gasteiger charge is -2.29. The van der Waals surface area contributed by atoms with Gasteiger partial charge in [-0.15, -0.1) is 0 Å². The summed E-state index contributed by atoms with van der Waals surface area (Å²) in [4.78, 5) is 25.6. The summed E-state index contributed by atoms with van der Waals surface area (Å²) in [6.07, 6.45) is 5.79. The lowest BCUT2D eigenvalue weighted by molar-refractivity contribution is -0.137. The molecule has 142 valence electrons. The van der Waals surface area contributed by atoms with Gasteiger partial charge in [-0.2, -0.15) is 0 Å². The lowest BCUT2D eigenvalue weighted by atomic mass is 9.99. The maximum absolute atomic E-state index is 12.7. The van der Waals surface area contributed by atoms with Crippen molar-refractivity contribution in [3.63, 3.8) is 0 Å². The number of carbonyl (C=O) groups excluding carboxylic acids is 1. The fraction of sp³-hybridized carbons (Fsp3) is 0.722. The lowest BCUT2D eigenvalue weighted by Crippen LogP contribution is -2.38. The second kappa shape index (κ2) is 8.18. The summed E-state index contributed by atoms with van der Waals surface area (Å²) >= 11 is 0. The van der Waals surface area contributed by atoms with Crippen LogP contribution in [0.15, 0.2) is 12.4 Å². The fourth-order valence-electron chi connectivity index (χ4n) is 3.78. The van der Waals surface area contributed by atoms with Crippen molar-refractivity contribution < 1.29 is 19.0 Å². The van der Waals surface area contributed by atoms with Crippen LogP contribution in [-0.4, -0.2) is 79.5 Å². The van der Waals surface area contributed by atoms with E-state index in [9.17, 15) is 4.79 Å². The van der Waals surface area contributed by atoms with Crippen LogP contribution in [0.2, 0.25) is 0 Å². The van der Waals surface area contributed by atoms with Gasteiger partial charge in [-0.25, -0.2) is 9.97 Å². The summed E-state index contributed by atoms with van der Waals surface area (Å²) in [7, 11) is 0. The van der Waals surface area contributed by atoms with Gasteiger partial charge >= 0.3 is 0 Å². The van der Waals surface area contributed by atoms with Crippen molar-refractivity contribution in [1.82, 2.24) is 14.9 Å². The molecule has 3 fully saturated rings. The van der Waals surface area contributed by atoms with Gasteiger partial charge in [0.2, 0.25) is 5.91 Å². The molecular weight excluding hydrogens is 336 g/mol. The number of hydrogen-bond donors (Lipinski definition) is 0. The van der Waals surface area contributed by atoms with Crippen LogP contribution in [-0.2, 0) is 14.3 Å². The molecule has 0 bridgehead atoms. The third kappa shape index (κ3) is 3.91. The van der Waals surface area contributed by atoms with Crippen LogP contribution < -0.4 is 9.64 Å². The summed E-state index contributed by atoms with van der Waals surface area (Å²) in [6, 6.07) is 0. The molecule has 4 heterocycles. The zero-order valence-corrected chi connectivity index (χ0v) is 15.0. The molecule has 1 amide bonds. The van der Waals surface area contributed by atoms with E-state index in [1.54, 1.807) is 12.4 Å². The standard InChI is InChI=1S/C18H26N4O4/c23-18(14-2-9-24-10-3-14)22-6-1-15(13-22)26-17-16(19-4-5-20-17)21-7-11-25-12-8-21/h4-5,14-15H,1-3,6-13H2. The van der Waals surface area contributed by atoms with Crippen LogP contribution in [0.25, 0.3) is 0 Å². The highest BCUT2D eigenvalue weighted by molar-refractivity contribution is 5.79. The molecule has 4 rings (SSSR count). The van der Waals surface area contributed by atoms with Gasteiger partial charge in [-0.3, -0.25) is 4.79 Å². The van der Waals surface area contributed by atoms with Gasteiger partial charge in [0.05, 0.1) is 19.8 Å². The van der Waals surface area contributed by atoms with E-state index in [0.29, 0.717) is 38.9 Å². The van der Waals surface area contributed by atoms with Gasteiger partial charge in [0.25, 0.3) is 5.88 Å². The summed E-state index contributed by atoms with van der Waals surface area (Å²) in [6.45, 7) is 5.69. The number of nitrogens with zero attached hydrogens (tertiary/aromatic N) is 4. The molecule has 0 radical (unpaired) electrons. The van der Waals surface area contributed by atoms with Crippen molar-refractivity contribution in [1.29, 1.82) is 0 Å². The molecule has 1 aromatic rings. The van der Waals surface area contributed by atoms with Crippen LogP contribution >= 0.6 is 0 Å². The third-order valence-corrected chi connectivity index (χ3v) is 5.26. The highest BCUT2D eigenvalue weighted by Gasteiger charge is 2.33. The average Bonchev–Trinajstić information content (AvgIpc) is 3.18. The third-order valence-electron chi connectivity index (χ3n) is 5.26. The molecular formula is C18H26N4O4. The first-order chi connectivity index (χ1) is 12.8. The Kier molecular flexibility index (Phi) is 5.50. The summed E-state index contributed by atoms with van der Waals surface area (Å²) < 4.78 is 16.9. The second-order valence-electron chi connectivity index (χ2n) is 6.98. The normalized spacial score (nSPS) is 24.7. The Hall–Kier alpha value is -1.93. The van der Waals surface area contributed by atoms with Crippen LogP contribution in [0, 0.1) is 5.92 Å². The minimum absolute atomic E-state index is 0.0321. The van der Waals surface area contributed by atoms with Crippen molar-refractivity contribution in [3.8, 4) is 5.88 Å². The molecule has 3 aliphatic heterocycles. The van der Waals surface area contributed by atoms with Crippen molar-refractivity contribution in [2.24, 2.45) is 5.92 Å². The van der Waals surface area contributed by atoms with Crippen LogP contribution in [0.4, 0.5) is 5.82 Å². The number of morpholine rings is 1. The Labute approximate surface area is 153 Å². The van der Waals surface area contributed by atoms with Crippen molar-refractivity contribution >= 4 is 11.7 Å². The van der Waals surface area contributed by atoms with Crippen LogP contribution in [0.5, 0.6) is 5.88 Å². The molecule has 8 heteroatoms. The number of anilines is 1. The van der Waals surface area contributed by atoms with E-state index < -0.39 is 0 Å². The number of hydrogen-bond acceptors (Lipinski definition) is 7. The highest BCUT2D eigenvalue weighted by atomic mass is 16.5. The Balaban J connectivity index is 1.37. The molecule has 0 spiro atoms. The van der Waals surface area contributed by atoms with Crippen LogP contribution in [0.3, 0.4) is 0 Å². The van der Waals surface area contributed by atoms with E-state index in [0.717, 1.165) is 44.7 Å². The topological polar surface area (TPSA) is 77.0 Å². The van der Waals surface area contributed by atoms with Gasteiger partial charge in [0, 0.05) is 57.6 Å². The molecule has 0 N–H and O–H groups in total. The minimum Gasteiger partial charge on any atom is -0.470 e. The summed E-state index contributed by atoms with van der Waals surface area (Å²) in [5.41, 5.74) is 0. The van der Waals surface area contributed by atoms with E-state index in [4.69, 9.17) is 14.2 Å². The Bertz CT molecular complexity index is 617. The number of likely N-dealkylation sites (tertiary alicyclic amines) is 1. The summed E-state index contributed by atoms with van der Waals surface area (Å²) in [5.74, 6) is 1.67. The number of rotatable bonds is 4. The van der Waals surface area contributed by atoms with E-state index in [1.807, 2.05) is 4.90 Å². The SMILES string of the molecule is O=C(C1CCOCC1)N1CCC(Oc2nccnc2N2CCOCC2)C1. The zero-order chi connectivity index (χ0) is 17.8. The largest absolute Gasteiger partial charge is 0.470 e. The molecule has 0 aromatic carbocycles. The van der Waals surface area contributed by atoms with Gasteiger partial charge in [0.1, 0.15) is 6.10 Å². The van der Waals surface area contributed by atoms with Crippen LogP contribution in [0.1, 0.15) is 19.3 Å². The Morgan fingerprint density at radius 1 is 1.00 bits per heavy atom. The van der Waals surface area contributed by atoms with E-state index in [-0.39, 0.29) is 17.9 Å². The number of ether oxygens (including phenoxy) is 3. The van der Waals surface area contributed by atoms with Gasteiger partial charge in [0.15, 0.2) is 5.82 Å².